The van der Waals surface area contributed by atoms with Gasteiger partial charge in [-0.25, -0.2) is 23.4 Å². The number of carbonyl (C=O) groups is 2. The van der Waals surface area contributed by atoms with Crippen molar-refractivity contribution in [1.82, 2.24) is 9.88 Å². The van der Waals surface area contributed by atoms with Gasteiger partial charge in [-0.3, -0.25) is 10.1 Å². The lowest BCUT2D eigenvalue weighted by Gasteiger charge is -2.28. The van der Waals surface area contributed by atoms with Gasteiger partial charge in [-0.05, 0) is 50.6 Å². The van der Waals surface area contributed by atoms with E-state index < -0.39 is 39.8 Å². The van der Waals surface area contributed by atoms with Crippen molar-refractivity contribution < 1.29 is 37.9 Å². The van der Waals surface area contributed by atoms with Crippen LogP contribution >= 0.6 is 24.0 Å². The first-order chi connectivity index (χ1) is 19.2. The van der Waals surface area contributed by atoms with Gasteiger partial charge in [0.2, 0.25) is 5.88 Å². The minimum atomic E-state index is -1.50. The summed E-state index contributed by atoms with van der Waals surface area (Å²) < 4.78 is 38.4. The molecule has 1 amide bonds. The third kappa shape index (κ3) is 8.88. The Morgan fingerprint density at radius 2 is 1.79 bits per heavy atom. The zero-order valence-electron chi connectivity index (χ0n) is 22.9. The summed E-state index contributed by atoms with van der Waals surface area (Å²) in [5.74, 6) is -3.95. The molecule has 0 aliphatic carbocycles. The minimum absolute atomic E-state index is 0. The molecule has 0 aliphatic heterocycles. The minimum Gasteiger partial charge on any atom is -0.481 e. The molecule has 0 saturated heterocycles. The average molecular weight is 629 g/mol. The van der Waals surface area contributed by atoms with E-state index in [4.69, 9.17) is 21.1 Å². The largest absolute Gasteiger partial charge is 0.481 e. The molecule has 3 rings (SSSR count). The molecular weight excluding hydrogens is 601 g/mol. The normalized spacial score (nSPS) is 10.8. The van der Waals surface area contributed by atoms with Gasteiger partial charge in [0, 0.05) is 41.9 Å². The van der Waals surface area contributed by atoms with E-state index in [0.717, 1.165) is 0 Å². The number of nitro groups is 1. The molecule has 0 spiro atoms. The Balaban J connectivity index is 0.00000616. The number of carbonyl (C=O) groups excluding carboxylic acids is 1. The van der Waals surface area contributed by atoms with Crippen LogP contribution in [0.2, 0.25) is 5.02 Å². The number of carboxylic acid groups (broad SMARTS) is 1. The standard InChI is InChI=1S/C27H27ClF2N4O7.ClH/c1-27(2,3)41-26(37)33(10-9-21-23(34(38)39)7-8-24(32-21)40-4)14-15-11-16(28)5-6-20(15)31-22-13-19(30)18(29)12-17(22)25(35)36;/h5-8,11-13,31H,9-10,14H2,1-4H3,(H,35,36);1H. The fourth-order valence-electron chi connectivity index (χ4n) is 3.73. The second-order valence-electron chi connectivity index (χ2n) is 9.77. The average Bonchev–Trinajstić information content (AvgIpc) is 2.88. The maximum absolute atomic E-state index is 14.0. The Bertz CT molecular complexity index is 1490. The zero-order valence-corrected chi connectivity index (χ0v) is 24.5. The topological polar surface area (TPSA) is 144 Å². The predicted octanol–water partition coefficient (Wildman–Crippen LogP) is 6.77. The second kappa shape index (κ2) is 14.1. The summed E-state index contributed by atoms with van der Waals surface area (Å²) >= 11 is 6.21. The molecule has 0 saturated carbocycles. The van der Waals surface area contributed by atoms with E-state index in [0.29, 0.717) is 17.7 Å². The number of anilines is 2. The molecule has 1 heterocycles. The van der Waals surface area contributed by atoms with Crippen molar-refractivity contribution in [3.63, 3.8) is 0 Å². The third-order valence-corrected chi connectivity index (χ3v) is 5.82. The monoisotopic (exact) mass is 628 g/mol. The fraction of sp³-hybridized carbons (Fsp3) is 0.296. The number of halogens is 4. The van der Waals surface area contributed by atoms with E-state index in [1.807, 2.05) is 0 Å². The summed E-state index contributed by atoms with van der Waals surface area (Å²) in [7, 11) is 1.36. The molecule has 15 heteroatoms. The Morgan fingerprint density at radius 3 is 2.38 bits per heavy atom. The highest BCUT2D eigenvalue weighted by atomic mass is 35.5. The Morgan fingerprint density at radius 1 is 1.12 bits per heavy atom. The number of pyridine rings is 1. The Kier molecular flexibility index (Phi) is 11.4. The van der Waals surface area contributed by atoms with Crippen molar-refractivity contribution in [2.24, 2.45) is 0 Å². The lowest BCUT2D eigenvalue weighted by Crippen LogP contribution is -2.38. The molecular formula is C27H28Cl2F2N4O7. The van der Waals surface area contributed by atoms with Crippen molar-refractivity contribution in [1.29, 1.82) is 0 Å². The van der Waals surface area contributed by atoms with Crippen LogP contribution in [-0.4, -0.2) is 51.2 Å². The molecule has 226 valence electrons. The number of hydrogen-bond donors (Lipinski definition) is 2. The molecule has 2 aromatic carbocycles. The number of carboxylic acids is 1. The zero-order chi connectivity index (χ0) is 30.5. The van der Waals surface area contributed by atoms with Crippen LogP contribution < -0.4 is 10.1 Å². The van der Waals surface area contributed by atoms with Crippen LogP contribution in [0.3, 0.4) is 0 Å². The molecule has 0 fully saturated rings. The van der Waals surface area contributed by atoms with Gasteiger partial charge in [-0.2, -0.15) is 0 Å². The smallest absolute Gasteiger partial charge is 0.410 e. The highest BCUT2D eigenvalue weighted by Gasteiger charge is 2.26. The molecule has 42 heavy (non-hydrogen) atoms. The number of hydrogen-bond acceptors (Lipinski definition) is 8. The maximum Gasteiger partial charge on any atom is 0.410 e. The maximum atomic E-state index is 14.0. The lowest BCUT2D eigenvalue weighted by molar-refractivity contribution is -0.386. The van der Waals surface area contributed by atoms with Gasteiger partial charge in [-0.15, -0.1) is 12.4 Å². The number of ether oxygens (including phenoxy) is 2. The number of methoxy groups -OCH3 is 1. The van der Waals surface area contributed by atoms with Gasteiger partial charge in [0.05, 0.1) is 29.8 Å². The van der Waals surface area contributed by atoms with E-state index in [1.165, 1.54) is 42.3 Å². The summed E-state index contributed by atoms with van der Waals surface area (Å²) in [5.41, 5.74) is -1.24. The number of rotatable bonds is 10. The first kappa shape index (κ1) is 34.0. The molecule has 0 unspecified atom stereocenters. The van der Waals surface area contributed by atoms with Gasteiger partial charge in [0.15, 0.2) is 11.6 Å². The summed E-state index contributed by atoms with van der Waals surface area (Å²) in [6.07, 6.45) is -0.810. The second-order valence-corrected chi connectivity index (χ2v) is 10.2. The van der Waals surface area contributed by atoms with Crippen LogP contribution in [0.5, 0.6) is 5.88 Å². The van der Waals surface area contributed by atoms with Gasteiger partial charge >= 0.3 is 12.1 Å². The van der Waals surface area contributed by atoms with Crippen molar-refractivity contribution in [2.75, 3.05) is 19.0 Å². The first-order valence-electron chi connectivity index (χ1n) is 12.1. The van der Waals surface area contributed by atoms with Crippen LogP contribution in [0.1, 0.15) is 42.4 Å². The van der Waals surface area contributed by atoms with Gasteiger partial charge in [-0.1, -0.05) is 11.6 Å². The highest BCUT2D eigenvalue weighted by Crippen LogP contribution is 2.30. The number of aromatic nitrogens is 1. The van der Waals surface area contributed by atoms with Gasteiger partial charge < -0.3 is 24.8 Å². The van der Waals surface area contributed by atoms with Crippen molar-refractivity contribution in [3.05, 3.63) is 86.1 Å². The van der Waals surface area contributed by atoms with Gasteiger partial charge in [0.1, 0.15) is 11.3 Å². The van der Waals surface area contributed by atoms with E-state index in [-0.39, 0.29) is 65.6 Å². The van der Waals surface area contributed by atoms with E-state index in [1.54, 1.807) is 20.8 Å². The van der Waals surface area contributed by atoms with Crippen LogP contribution in [-0.2, 0) is 17.7 Å². The SMILES string of the molecule is COc1ccc([N+](=O)[O-])c(CCN(Cc2cc(Cl)ccc2Nc2cc(F)c(F)cc2C(=O)O)C(=O)OC(C)(C)C)n1.Cl. The number of aromatic carboxylic acids is 1. The van der Waals surface area contributed by atoms with Crippen LogP contribution in [0.15, 0.2) is 42.5 Å². The lowest BCUT2D eigenvalue weighted by atomic mass is 10.1. The number of amides is 1. The predicted molar refractivity (Wildman–Crippen MR) is 153 cm³/mol. The number of nitrogens with zero attached hydrogens (tertiary/aromatic N) is 3. The molecule has 3 aromatic rings. The Labute approximate surface area is 251 Å². The number of benzene rings is 2. The molecule has 0 bridgehead atoms. The summed E-state index contributed by atoms with van der Waals surface area (Å²) in [6, 6.07) is 8.31. The molecule has 2 N–H and O–H groups in total. The molecule has 11 nitrogen and oxygen atoms in total. The van der Waals surface area contributed by atoms with Crippen molar-refractivity contribution in [3.8, 4) is 5.88 Å². The van der Waals surface area contributed by atoms with E-state index in [9.17, 15) is 33.6 Å². The van der Waals surface area contributed by atoms with E-state index >= 15 is 0 Å². The summed E-state index contributed by atoms with van der Waals surface area (Å²) in [5, 5.41) is 24.1. The number of nitrogens with one attached hydrogen (secondary N) is 1. The quantitative estimate of drug-likeness (QED) is 0.183. The summed E-state index contributed by atoms with van der Waals surface area (Å²) in [4.78, 5) is 41.3. The molecule has 0 radical (unpaired) electrons. The molecule has 0 atom stereocenters. The van der Waals surface area contributed by atoms with Crippen LogP contribution in [0.4, 0.5) is 30.6 Å². The van der Waals surface area contributed by atoms with Crippen LogP contribution in [0.25, 0.3) is 0 Å². The van der Waals surface area contributed by atoms with Crippen molar-refractivity contribution in [2.45, 2.75) is 39.3 Å². The first-order valence-corrected chi connectivity index (χ1v) is 12.5. The van der Waals surface area contributed by atoms with E-state index in [2.05, 4.69) is 10.3 Å². The Hall–Kier alpha value is -4.23. The van der Waals surface area contributed by atoms with Crippen molar-refractivity contribution >= 4 is 53.1 Å². The highest BCUT2D eigenvalue weighted by molar-refractivity contribution is 6.30. The summed E-state index contributed by atoms with van der Waals surface area (Å²) in [6.45, 7) is 4.75. The molecule has 0 aliphatic rings. The third-order valence-electron chi connectivity index (χ3n) is 5.59. The molecule has 1 aromatic heterocycles. The van der Waals surface area contributed by atoms with Gasteiger partial charge in [0.25, 0.3) is 5.69 Å². The van der Waals surface area contributed by atoms with Crippen LogP contribution in [0, 0.1) is 21.7 Å². The fourth-order valence-corrected chi connectivity index (χ4v) is 3.93.